The van der Waals surface area contributed by atoms with E-state index in [2.05, 4.69) is 22.0 Å². The number of hydrogen-bond acceptors (Lipinski definition) is 5. The molecule has 7 heteroatoms. The van der Waals surface area contributed by atoms with Crippen molar-refractivity contribution in [1.82, 2.24) is 9.88 Å². The highest BCUT2D eigenvalue weighted by atomic mass is 32.2. The lowest BCUT2D eigenvalue weighted by molar-refractivity contribution is -0.118. The van der Waals surface area contributed by atoms with Crippen LogP contribution in [-0.4, -0.2) is 33.7 Å². The van der Waals surface area contributed by atoms with Crippen LogP contribution in [-0.2, 0) is 17.8 Å². The van der Waals surface area contributed by atoms with E-state index in [1.54, 1.807) is 0 Å². The van der Waals surface area contributed by atoms with Crippen LogP contribution in [0.1, 0.15) is 5.56 Å². The smallest absolute Gasteiger partial charge is 0.286 e. The van der Waals surface area contributed by atoms with Crippen LogP contribution in [0, 0.1) is 0 Å². The van der Waals surface area contributed by atoms with Crippen LogP contribution in [0.15, 0.2) is 54.7 Å². The maximum Gasteiger partial charge on any atom is 0.286 e. The molecule has 142 valence electrons. The lowest BCUT2D eigenvalue weighted by Gasteiger charge is -2.27. The summed E-state index contributed by atoms with van der Waals surface area (Å²) in [6.45, 7) is 1.16. The molecular formula is C21H18N2O4S. The van der Waals surface area contributed by atoms with Crippen molar-refractivity contribution < 1.29 is 19.1 Å². The summed E-state index contributed by atoms with van der Waals surface area (Å²) >= 11 is 1.06. The predicted molar refractivity (Wildman–Crippen MR) is 107 cm³/mol. The number of aromatic nitrogens is 1. The molecule has 1 fully saturated rings. The Morgan fingerprint density at radius 2 is 1.93 bits per heavy atom. The molecule has 1 saturated heterocycles. The minimum atomic E-state index is -0.368. The van der Waals surface area contributed by atoms with Gasteiger partial charge >= 0.3 is 0 Å². The first-order chi connectivity index (χ1) is 13.7. The second-order valence-electron chi connectivity index (χ2n) is 6.90. The number of para-hydroxylation sites is 2. The maximum absolute atomic E-state index is 11.9. The first kappa shape index (κ1) is 17.2. The fourth-order valence-corrected chi connectivity index (χ4v) is 4.57. The van der Waals surface area contributed by atoms with Gasteiger partial charge in [0.1, 0.15) is 6.61 Å². The summed E-state index contributed by atoms with van der Waals surface area (Å²) in [7, 11) is 0. The number of hydrogen-bond donors (Lipinski definition) is 1. The zero-order valence-corrected chi connectivity index (χ0v) is 15.8. The monoisotopic (exact) mass is 394 g/mol. The second-order valence-corrected chi connectivity index (χ2v) is 8.08. The summed E-state index contributed by atoms with van der Waals surface area (Å²) in [6.07, 6.45) is 2.48. The minimum absolute atomic E-state index is 0.0806. The van der Waals surface area contributed by atoms with Crippen molar-refractivity contribution in [2.24, 2.45) is 0 Å². The van der Waals surface area contributed by atoms with Crippen LogP contribution in [0.3, 0.4) is 0 Å². The first-order valence-electron chi connectivity index (χ1n) is 9.14. The number of carbonyl (C=O) groups is 2. The van der Waals surface area contributed by atoms with E-state index in [9.17, 15) is 9.59 Å². The zero-order valence-electron chi connectivity index (χ0n) is 15.0. The van der Waals surface area contributed by atoms with Crippen molar-refractivity contribution in [3.63, 3.8) is 0 Å². The minimum Gasteiger partial charge on any atom is -0.486 e. The molecule has 28 heavy (non-hydrogen) atoms. The average Bonchev–Trinajstić information content (AvgIpc) is 3.25. The van der Waals surface area contributed by atoms with E-state index < -0.39 is 0 Å². The second kappa shape index (κ2) is 6.91. The van der Waals surface area contributed by atoms with Gasteiger partial charge in [-0.1, -0.05) is 36.0 Å². The Kier molecular flexibility index (Phi) is 4.24. The number of rotatable bonds is 4. The van der Waals surface area contributed by atoms with E-state index in [0.29, 0.717) is 19.6 Å². The molecule has 2 unspecified atom stereocenters. The fraction of sp³-hybridized carbons (Fsp3) is 0.238. The Balaban J connectivity index is 1.37. The van der Waals surface area contributed by atoms with Gasteiger partial charge in [-0.25, -0.2) is 0 Å². The molecule has 0 aliphatic carbocycles. The van der Waals surface area contributed by atoms with Crippen molar-refractivity contribution >= 4 is 33.8 Å². The highest BCUT2D eigenvalue weighted by Gasteiger charge is 2.32. The Hall–Kier alpha value is -2.93. The number of thioether (sulfide) groups is 1. The molecule has 3 aromatic rings. The van der Waals surface area contributed by atoms with Crippen LogP contribution in [0.2, 0.25) is 0 Å². The predicted octanol–water partition coefficient (Wildman–Crippen LogP) is 3.38. The Morgan fingerprint density at radius 1 is 1.07 bits per heavy atom. The third-order valence-electron chi connectivity index (χ3n) is 5.04. The van der Waals surface area contributed by atoms with E-state index in [-0.39, 0.29) is 22.5 Å². The normalized spacial score (nSPS) is 21.1. The Morgan fingerprint density at radius 3 is 2.75 bits per heavy atom. The van der Waals surface area contributed by atoms with Crippen molar-refractivity contribution in [2.45, 2.75) is 24.3 Å². The Bertz CT molecular complexity index is 1080. The van der Waals surface area contributed by atoms with Gasteiger partial charge in [0.15, 0.2) is 17.6 Å². The van der Waals surface area contributed by atoms with Crippen molar-refractivity contribution in [2.75, 3.05) is 6.61 Å². The van der Waals surface area contributed by atoms with Crippen LogP contribution < -0.4 is 14.8 Å². The molecule has 1 aromatic heterocycles. The number of carbonyl (C=O) groups excluding carboxylic acids is 2. The maximum atomic E-state index is 11.9. The number of amides is 2. The van der Waals surface area contributed by atoms with Crippen LogP contribution in [0.25, 0.3) is 10.9 Å². The molecule has 2 aliphatic heterocycles. The highest BCUT2D eigenvalue weighted by molar-refractivity contribution is 8.15. The third-order valence-corrected chi connectivity index (χ3v) is 6.03. The molecule has 0 saturated carbocycles. The number of nitrogens with one attached hydrogen (secondary N) is 1. The number of benzene rings is 2. The van der Waals surface area contributed by atoms with E-state index in [4.69, 9.17) is 9.47 Å². The van der Waals surface area contributed by atoms with Gasteiger partial charge in [-0.3, -0.25) is 14.9 Å². The molecule has 2 atom stereocenters. The first-order valence-corrected chi connectivity index (χ1v) is 10.0. The molecule has 3 heterocycles. The molecule has 6 nitrogen and oxygen atoms in total. The van der Waals surface area contributed by atoms with Crippen LogP contribution in [0.5, 0.6) is 11.5 Å². The van der Waals surface area contributed by atoms with Crippen molar-refractivity contribution in [3.05, 3.63) is 60.3 Å². The topological polar surface area (TPSA) is 69.6 Å². The summed E-state index contributed by atoms with van der Waals surface area (Å²) in [5, 5.41) is 2.81. The van der Waals surface area contributed by atoms with Gasteiger partial charge in [0.2, 0.25) is 5.91 Å². The number of imide groups is 1. The zero-order chi connectivity index (χ0) is 19.1. The van der Waals surface area contributed by atoms with Crippen LogP contribution in [0.4, 0.5) is 4.79 Å². The SMILES string of the molecule is O=C1NC(=O)C(Cc2cccc3c2ccn3CC2COc3ccccc3O2)S1. The lowest BCUT2D eigenvalue weighted by Crippen LogP contribution is -2.32. The number of fused-ring (bicyclic) bond motifs is 2. The molecule has 1 N–H and O–H groups in total. The number of nitrogens with zero attached hydrogens (tertiary/aromatic N) is 1. The lowest BCUT2D eigenvalue weighted by atomic mass is 10.0. The molecule has 2 aliphatic rings. The van der Waals surface area contributed by atoms with Gasteiger partial charge in [-0.15, -0.1) is 0 Å². The van der Waals surface area contributed by atoms with E-state index in [1.165, 1.54) is 0 Å². The molecule has 0 bridgehead atoms. The highest BCUT2D eigenvalue weighted by Crippen LogP contribution is 2.32. The van der Waals surface area contributed by atoms with Gasteiger partial charge in [0.05, 0.1) is 11.8 Å². The average molecular weight is 394 g/mol. The van der Waals surface area contributed by atoms with Gasteiger partial charge in [0, 0.05) is 17.1 Å². The van der Waals surface area contributed by atoms with Crippen LogP contribution >= 0.6 is 11.8 Å². The molecule has 5 rings (SSSR count). The van der Waals surface area contributed by atoms with E-state index in [1.807, 2.05) is 42.6 Å². The van der Waals surface area contributed by atoms with Gasteiger partial charge in [0.25, 0.3) is 5.24 Å². The summed E-state index contributed by atoms with van der Waals surface area (Å²) in [4.78, 5) is 23.3. The quantitative estimate of drug-likeness (QED) is 0.735. The fourth-order valence-electron chi connectivity index (χ4n) is 3.72. The molecule has 2 aromatic carbocycles. The van der Waals surface area contributed by atoms with Crippen molar-refractivity contribution in [3.8, 4) is 11.5 Å². The molecule has 0 radical (unpaired) electrons. The summed E-state index contributed by atoms with van der Waals surface area (Å²) < 4.78 is 14.0. The van der Waals surface area contributed by atoms with Gasteiger partial charge < -0.3 is 14.0 Å². The van der Waals surface area contributed by atoms with E-state index >= 15 is 0 Å². The number of ether oxygens (including phenoxy) is 2. The third kappa shape index (κ3) is 3.11. The van der Waals surface area contributed by atoms with Gasteiger partial charge in [-0.05, 0) is 36.2 Å². The van der Waals surface area contributed by atoms with E-state index in [0.717, 1.165) is 39.7 Å². The summed E-state index contributed by atoms with van der Waals surface area (Å²) in [6, 6.07) is 15.8. The standard InChI is InChI=1S/C21H18N2O4S/c24-20-19(28-21(25)22-20)10-13-4-3-5-16-15(13)8-9-23(16)11-14-12-26-17-6-1-2-7-18(17)27-14/h1-9,14,19H,10-12H2,(H,22,24,25). The molecule has 2 amide bonds. The molecule has 0 spiro atoms. The summed E-state index contributed by atoms with van der Waals surface area (Å²) in [5.41, 5.74) is 2.14. The Labute approximate surface area is 165 Å². The largest absolute Gasteiger partial charge is 0.486 e. The molecular weight excluding hydrogens is 376 g/mol. The van der Waals surface area contributed by atoms with Gasteiger partial charge in [-0.2, -0.15) is 0 Å². The van der Waals surface area contributed by atoms with Crippen molar-refractivity contribution in [1.29, 1.82) is 0 Å². The summed E-state index contributed by atoms with van der Waals surface area (Å²) in [5.74, 6) is 1.34.